The molecule has 1 rings (SSSR count). The molecule has 1 aromatic carbocycles. The van der Waals surface area contributed by atoms with E-state index in [-0.39, 0.29) is 0 Å². The van der Waals surface area contributed by atoms with E-state index >= 15 is 0 Å². The van der Waals surface area contributed by atoms with E-state index in [0.29, 0.717) is 33.0 Å². The van der Waals surface area contributed by atoms with Crippen molar-refractivity contribution in [2.45, 2.75) is 0 Å². The lowest BCUT2D eigenvalue weighted by Crippen LogP contribution is -2.17. The minimum atomic E-state index is 0.528. The zero-order valence-corrected chi connectivity index (χ0v) is 10.9. The summed E-state index contributed by atoms with van der Waals surface area (Å²) in [6.07, 6.45) is 0. The predicted octanol–water partition coefficient (Wildman–Crippen LogP) is 0.900. The smallest absolute Gasteiger partial charge is 0.119 e. The van der Waals surface area contributed by atoms with Crippen LogP contribution in [0.5, 0.6) is 5.75 Å². The lowest BCUT2D eigenvalue weighted by molar-refractivity contribution is 0.0376. The Bertz CT molecular complexity index is 304. The SMILES string of the molecule is CNCCOCCOCCOc1ccc(N)cc1. The van der Waals surface area contributed by atoms with Gasteiger partial charge in [-0.25, -0.2) is 0 Å². The van der Waals surface area contributed by atoms with E-state index in [1.54, 1.807) is 0 Å². The minimum Gasteiger partial charge on any atom is -0.491 e. The topological polar surface area (TPSA) is 65.7 Å². The third-order valence-electron chi connectivity index (χ3n) is 2.24. The fourth-order valence-electron chi connectivity index (χ4n) is 1.28. The molecule has 0 bridgehead atoms. The second kappa shape index (κ2) is 9.70. The molecule has 0 aromatic heterocycles. The summed E-state index contributed by atoms with van der Waals surface area (Å²) < 4.78 is 16.1. The molecule has 0 aliphatic carbocycles. The molecule has 0 unspecified atom stereocenters. The van der Waals surface area contributed by atoms with Crippen LogP contribution in [0.1, 0.15) is 0 Å². The first kappa shape index (κ1) is 14.8. The van der Waals surface area contributed by atoms with Crippen molar-refractivity contribution in [1.82, 2.24) is 5.32 Å². The van der Waals surface area contributed by atoms with Crippen molar-refractivity contribution in [3.8, 4) is 5.75 Å². The summed E-state index contributed by atoms with van der Waals surface area (Å²) in [5.74, 6) is 0.804. The minimum absolute atomic E-state index is 0.528. The molecule has 0 aliphatic rings. The Morgan fingerprint density at radius 1 is 0.944 bits per heavy atom. The Labute approximate surface area is 108 Å². The van der Waals surface area contributed by atoms with Gasteiger partial charge in [0.1, 0.15) is 12.4 Å². The normalized spacial score (nSPS) is 10.5. The molecule has 5 nitrogen and oxygen atoms in total. The van der Waals surface area contributed by atoms with Crippen LogP contribution < -0.4 is 15.8 Å². The molecule has 1 aromatic rings. The molecule has 0 heterocycles. The molecule has 0 saturated heterocycles. The maximum absolute atomic E-state index is 5.57. The Balaban J connectivity index is 1.91. The van der Waals surface area contributed by atoms with Crippen LogP contribution in [0.2, 0.25) is 0 Å². The second-order valence-electron chi connectivity index (χ2n) is 3.75. The molecule has 0 saturated carbocycles. The van der Waals surface area contributed by atoms with Crippen molar-refractivity contribution < 1.29 is 14.2 Å². The molecule has 18 heavy (non-hydrogen) atoms. The number of nitrogens with one attached hydrogen (secondary N) is 1. The van der Waals surface area contributed by atoms with Crippen molar-refractivity contribution in [2.24, 2.45) is 0 Å². The van der Waals surface area contributed by atoms with E-state index in [4.69, 9.17) is 19.9 Å². The largest absolute Gasteiger partial charge is 0.491 e. The molecule has 0 spiro atoms. The Morgan fingerprint density at radius 2 is 1.56 bits per heavy atom. The molecular weight excluding hydrogens is 232 g/mol. The molecule has 3 N–H and O–H groups in total. The van der Waals surface area contributed by atoms with Crippen molar-refractivity contribution in [3.63, 3.8) is 0 Å². The highest BCUT2D eigenvalue weighted by Gasteiger charge is 1.94. The van der Waals surface area contributed by atoms with Crippen LogP contribution in [0.25, 0.3) is 0 Å². The van der Waals surface area contributed by atoms with E-state index < -0.39 is 0 Å². The van der Waals surface area contributed by atoms with E-state index in [9.17, 15) is 0 Å². The van der Waals surface area contributed by atoms with Gasteiger partial charge in [0.2, 0.25) is 0 Å². The van der Waals surface area contributed by atoms with Gasteiger partial charge in [0.05, 0.1) is 26.4 Å². The lowest BCUT2D eigenvalue weighted by Gasteiger charge is -2.07. The molecule has 102 valence electrons. The average Bonchev–Trinajstić information content (AvgIpc) is 2.39. The first-order chi connectivity index (χ1) is 8.83. The zero-order valence-electron chi connectivity index (χ0n) is 10.9. The predicted molar refractivity (Wildman–Crippen MR) is 71.9 cm³/mol. The highest BCUT2D eigenvalue weighted by Crippen LogP contribution is 2.12. The van der Waals surface area contributed by atoms with Gasteiger partial charge in [0, 0.05) is 12.2 Å². The second-order valence-corrected chi connectivity index (χ2v) is 3.75. The monoisotopic (exact) mass is 254 g/mol. The summed E-state index contributed by atoms with van der Waals surface area (Å²) in [6, 6.07) is 7.31. The van der Waals surface area contributed by atoms with Crippen molar-refractivity contribution in [1.29, 1.82) is 0 Å². The lowest BCUT2D eigenvalue weighted by atomic mass is 10.3. The maximum atomic E-state index is 5.57. The Morgan fingerprint density at radius 3 is 2.22 bits per heavy atom. The average molecular weight is 254 g/mol. The zero-order chi connectivity index (χ0) is 13.1. The van der Waals surface area contributed by atoms with Gasteiger partial charge in [-0.15, -0.1) is 0 Å². The van der Waals surface area contributed by atoms with E-state index in [2.05, 4.69) is 5.32 Å². The van der Waals surface area contributed by atoms with Gasteiger partial charge in [0.15, 0.2) is 0 Å². The van der Waals surface area contributed by atoms with Crippen LogP contribution in [-0.2, 0) is 9.47 Å². The van der Waals surface area contributed by atoms with Crippen LogP contribution >= 0.6 is 0 Å². The van der Waals surface area contributed by atoms with Gasteiger partial charge < -0.3 is 25.3 Å². The van der Waals surface area contributed by atoms with Crippen LogP contribution in [0.4, 0.5) is 5.69 Å². The number of nitrogen functional groups attached to an aromatic ring is 1. The van der Waals surface area contributed by atoms with Gasteiger partial charge in [0.25, 0.3) is 0 Å². The molecule has 0 amide bonds. The van der Waals surface area contributed by atoms with E-state index in [1.165, 1.54) is 0 Å². The van der Waals surface area contributed by atoms with Gasteiger partial charge in [-0.05, 0) is 31.3 Å². The van der Waals surface area contributed by atoms with Crippen LogP contribution in [0.3, 0.4) is 0 Å². The molecular formula is C13H22N2O3. The standard InChI is InChI=1S/C13H22N2O3/c1-15-6-7-16-8-9-17-10-11-18-13-4-2-12(14)3-5-13/h2-5,15H,6-11,14H2,1H3. The number of likely N-dealkylation sites (N-methyl/N-ethyl adjacent to an activating group) is 1. The van der Waals surface area contributed by atoms with Crippen molar-refractivity contribution >= 4 is 5.69 Å². The fourth-order valence-corrected chi connectivity index (χ4v) is 1.28. The van der Waals surface area contributed by atoms with E-state index in [0.717, 1.165) is 18.0 Å². The highest BCUT2D eigenvalue weighted by atomic mass is 16.5. The Kier molecular flexibility index (Phi) is 7.96. The molecule has 5 heteroatoms. The quantitative estimate of drug-likeness (QED) is 0.480. The Hall–Kier alpha value is -1.30. The first-order valence-electron chi connectivity index (χ1n) is 6.11. The van der Waals surface area contributed by atoms with Gasteiger partial charge >= 0.3 is 0 Å². The summed E-state index contributed by atoms with van der Waals surface area (Å²) in [5.41, 5.74) is 6.31. The summed E-state index contributed by atoms with van der Waals surface area (Å²) in [4.78, 5) is 0. The maximum Gasteiger partial charge on any atom is 0.119 e. The van der Waals surface area contributed by atoms with E-state index in [1.807, 2.05) is 31.3 Å². The summed E-state index contributed by atoms with van der Waals surface area (Å²) in [7, 11) is 1.90. The molecule has 0 aliphatic heterocycles. The van der Waals surface area contributed by atoms with Gasteiger partial charge in [-0.3, -0.25) is 0 Å². The first-order valence-corrected chi connectivity index (χ1v) is 6.11. The molecule has 0 radical (unpaired) electrons. The third kappa shape index (κ3) is 7.11. The number of rotatable bonds is 10. The van der Waals surface area contributed by atoms with Crippen LogP contribution in [-0.4, -0.2) is 46.6 Å². The van der Waals surface area contributed by atoms with Crippen LogP contribution in [0.15, 0.2) is 24.3 Å². The van der Waals surface area contributed by atoms with Gasteiger partial charge in [-0.2, -0.15) is 0 Å². The van der Waals surface area contributed by atoms with Crippen LogP contribution in [0, 0.1) is 0 Å². The summed E-state index contributed by atoms with van der Waals surface area (Å²) >= 11 is 0. The molecule has 0 fully saturated rings. The number of benzene rings is 1. The summed E-state index contributed by atoms with van der Waals surface area (Å²) in [5, 5.41) is 3.01. The van der Waals surface area contributed by atoms with Crippen molar-refractivity contribution in [3.05, 3.63) is 24.3 Å². The van der Waals surface area contributed by atoms with Gasteiger partial charge in [-0.1, -0.05) is 0 Å². The number of ether oxygens (including phenoxy) is 3. The number of anilines is 1. The number of nitrogens with two attached hydrogens (primary N) is 1. The number of hydrogen-bond donors (Lipinski definition) is 2. The fraction of sp³-hybridized carbons (Fsp3) is 0.538. The number of hydrogen-bond acceptors (Lipinski definition) is 5. The third-order valence-corrected chi connectivity index (χ3v) is 2.24. The highest BCUT2D eigenvalue weighted by molar-refractivity contribution is 5.41. The molecule has 0 atom stereocenters. The summed E-state index contributed by atoms with van der Waals surface area (Å²) in [6.45, 7) is 3.86. The van der Waals surface area contributed by atoms with Crippen molar-refractivity contribution in [2.75, 3.05) is 52.4 Å².